The summed E-state index contributed by atoms with van der Waals surface area (Å²) in [4.78, 5) is 32.2. The van der Waals surface area contributed by atoms with Crippen LogP contribution in [0.25, 0.3) is 11.4 Å². The maximum absolute atomic E-state index is 12.2. The van der Waals surface area contributed by atoms with Gasteiger partial charge in [0.15, 0.2) is 5.82 Å². The number of carboxylic acid groups (broad SMARTS) is 1. The van der Waals surface area contributed by atoms with Crippen molar-refractivity contribution in [3.8, 4) is 11.8 Å². The Bertz CT molecular complexity index is 1390. The molecule has 12 heteroatoms. The van der Waals surface area contributed by atoms with E-state index in [4.69, 9.17) is 19.3 Å². The van der Waals surface area contributed by atoms with Crippen LogP contribution >= 0.6 is 11.5 Å². The molecule has 5 rings (SSSR count). The average molecular weight is 465 g/mol. The minimum Gasteiger partial charge on any atom is -0.480 e. The van der Waals surface area contributed by atoms with Crippen LogP contribution < -0.4 is 11.1 Å². The second-order valence-corrected chi connectivity index (χ2v) is 8.02. The van der Waals surface area contributed by atoms with E-state index in [1.54, 1.807) is 0 Å². The first-order chi connectivity index (χ1) is 15.9. The number of aliphatic carboxylic acids is 1. The number of fused-ring (bicyclic) bond motifs is 1. The van der Waals surface area contributed by atoms with Gasteiger partial charge in [-0.3, -0.25) is 10.1 Å². The number of nitrogens with one attached hydrogen (secondary N) is 1. The fourth-order valence-corrected chi connectivity index (χ4v) is 3.65. The van der Waals surface area contributed by atoms with Gasteiger partial charge in [0.2, 0.25) is 11.5 Å². The molecule has 11 nitrogen and oxygen atoms in total. The molecule has 3 heterocycles. The van der Waals surface area contributed by atoms with E-state index in [9.17, 15) is 14.7 Å². The Morgan fingerprint density at radius 3 is 2.70 bits per heavy atom. The lowest BCUT2D eigenvalue weighted by Crippen LogP contribution is -2.19. The maximum Gasteiger partial charge on any atom is 0.412 e. The maximum atomic E-state index is 12.2. The van der Waals surface area contributed by atoms with Gasteiger partial charge >= 0.3 is 17.8 Å². The monoisotopic (exact) mass is 465 g/mol. The molecule has 0 atom stereocenters. The summed E-state index contributed by atoms with van der Waals surface area (Å²) in [6.45, 7) is 0.0959. The highest BCUT2D eigenvalue weighted by molar-refractivity contribution is 7.07. The molecule has 1 fully saturated rings. The Morgan fingerprint density at radius 2 is 2.00 bits per heavy atom. The van der Waals surface area contributed by atoms with Gasteiger partial charge in [0.05, 0.1) is 0 Å². The van der Waals surface area contributed by atoms with E-state index in [0.29, 0.717) is 17.7 Å². The highest BCUT2D eigenvalue weighted by Gasteiger charge is 2.56. The van der Waals surface area contributed by atoms with E-state index >= 15 is 0 Å². The Hall–Kier alpha value is -4.37. The van der Waals surface area contributed by atoms with Gasteiger partial charge in [0.25, 0.3) is 5.89 Å². The summed E-state index contributed by atoms with van der Waals surface area (Å²) in [6, 6.07) is 9.22. The summed E-state index contributed by atoms with van der Waals surface area (Å²) in [5.74, 6) is 4.67. The molecule has 33 heavy (non-hydrogen) atoms. The molecule has 0 unspecified atom stereocenters. The molecule has 0 aliphatic heterocycles. The second kappa shape index (κ2) is 7.95. The normalized spacial score (nSPS) is 13.8. The van der Waals surface area contributed by atoms with Gasteiger partial charge in [-0.1, -0.05) is 30.3 Å². The van der Waals surface area contributed by atoms with E-state index in [2.05, 4.69) is 31.5 Å². The largest absolute Gasteiger partial charge is 0.480 e. The van der Waals surface area contributed by atoms with Crippen molar-refractivity contribution < 1.29 is 28.3 Å². The van der Waals surface area contributed by atoms with Crippen molar-refractivity contribution in [3.05, 3.63) is 52.6 Å². The summed E-state index contributed by atoms with van der Waals surface area (Å²) in [7, 11) is 0. The standard InChI is InChI=1S/C21H15N5O6S/c22-15-14(24-20(29)30-10-11-4-2-1-3-5-11)12(33-26-15)6-7-13-23-16-17(31-13)32-18(25-16)21(8-9-21)19(27)28/h1-5H,8-10H2,(H2,22,26)(H,24,29)(H,27,28). The lowest BCUT2D eigenvalue weighted by atomic mass is 10.1. The molecule has 1 amide bonds. The molecule has 1 aliphatic carbocycles. The SMILES string of the molecule is Nc1nsc(C#Cc2nc3nc(C4(C(=O)O)CC4)oc3o2)c1NC(=O)OCc1ccccc1. The first kappa shape index (κ1) is 20.5. The molecule has 0 spiro atoms. The molecule has 0 saturated heterocycles. The number of oxazole rings is 2. The van der Waals surface area contributed by atoms with Crippen molar-refractivity contribution >= 4 is 46.5 Å². The van der Waals surface area contributed by atoms with Crippen molar-refractivity contribution in [1.29, 1.82) is 0 Å². The third kappa shape index (κ3) is 3.97. The Labute approximate surface area is 189 Å². The third-order valence-electron chi connectivity index (χ3n) is 4.99. The van der Waals surface area contributed by atoms with E-state index < -0.39 is 17.5 Å². The van der Waals surface area contributed by atoms with Crippen molar-refractivity contribution in [2.45, 2.75) is 24.9 Å². The number of hydrogen-bond acceptors (Lipinski definition) is 10. The number of benzene rings is 1. The number of rotatable bonds is 5. The number of nitrogen functional groups attached to an aromatic ring is 1. The molecule has 0 bridgehead atoms. The average Bonchev–Trinajstić information content (AvgIpc) is 3.24. The van der Waals surface area contributed by atoms with Gasteiger partial charge in [-0.2, -0.15) is 14.3 Å². The van der Waals surface area contributed by atoms with Gasteiger partial charge < -0.3 is 24.4 Å². The summed E-state index contributed by atoms with van der Waals surface area (Å²) >= 11 is 0.985. The van der Waals surface area contributed by atoms with Crippen LogP contribution in [0.4, 0.5) is 16.3 Å². The predicted molar refractivity (Wildman–Crippen MR) is 115 cm³/mol. The zero-order chi connectivity index (χ0) is 23.0. The van der Waals surface area contributed by atoms with Crippen LogP contribution in [0.3, 0.4) is 0 Å². The highest BCUT2D eigenvalue weighted by atomic mass is 32.1. The molecular formula is C21H15N5O6S. The minimum atomic E-state index is -1.09. The number of hydrogen-bond donors (Lipinski definition) is 3. The molecule has 1 aliphatic rings. The van der Waals surface area contributed by atoms with E-state index in [1.165, 1.54) is 0 Å². The number of carbonyl (C=O) groups is 2. The van der Waals surface area contributed by atoms with Gasteiger partial charge in [-0.15, -0.1) is 0 Å². The number of aromatic nitrogens is 3. The molecule has 3 aromatic heterocycles. The molecule has 4 N–H and O–H groups in total. The molecule has 4 aromatic rings. The topological polar surface area (TPSA) is 167 Å². The van der Waals surface area contributed by atoms with Crippen molar-refractivity contribution in [2.75, 3.05) is 11.1 Å². The summed E-state index contributed by atoms with van der Waals surface area (Å²) < 4.78 is 20.1. The molecular weight excluding hydrogens is 450 g/mol. The predicted octanol–water partition coefficient (Wildman–Crippen LogP) is 3.12. The molecule has 1 saturated carbocycles. The Morgan fingerprint density at radius 1 is 1.21 bits per heavy atom. The minimum absolute atomic E-state index is 0.00604. The number of anilines is 2. The lowest BCUT2D eigenvalue weighted by Gasteiger charge is -2.06. The zero-order valence-corrected chi connectivity index (χ0v) is 17.6. The van der Waals surface area contributed by atoms with Crippen molar-refractivity contribution in [2.24, 2.45) is 0 Å². The van der Waals surface area contributed by atoms with Gasteiger partial charge in [0.1, 0.15) is 22.6 Å². The van der Waals surface area contributed by atoms with Crippen LogP contribution in [0, 0.1) is 11.8 Å². The highest BCUT2D eigenvalue weighted by Crippen LogP contribution is 2.48. The van der Waals surface area contributed by atoms with E-state index in [-0.39, 0.29) is 41.3 Å². The van der Waals surface area contributed by atoms with Crippen molar-refractivity contribution in [1.82, 2.24) is 14.3 Å². The van der Waals surface area contributed by atoms with Gasteiger partial charge in [-0.05, 0) is 41.8 Å². The summed E-state index contributed by atoms with van der Waals surface area (Å²) in [5.41, 5.74) is 5.95. The van der Waals surface area contributed by atoms with Gasteiger partial charge in [0, 0.05) is 0 Å². The molecule has 1 aromatic carbocycles. The smallest absolute Gasteiger partial charge is 0.412 e. The van der Waals surface area contributed by atoms with E-state index in [0.717, 1.165) is 17.1 Å². The fourth-order valence-electron chi connectivity index (χ4n) is 3.02. The number of nitrogens with two attached hydrogens (primary N) is 1. The van der Waals surface area contributed by atoms with Crippen LogP contribution in [0.15, 0.2) is 39.2 Å². The first-order valence-corrected chi connectivity index (χ1v) is 10.5. The van der Waals surface area contributed by atoms with Crippen LogP contribution in [0.5, 0.6) is 0 Å². The quantitative estimate of drug-likeness (QED) is 0.373. The lowest BCUT2D eigenvalue weighted by molar-refractivity contribution is -0.140. The molecule has 166 valence electrons. The summed E-state index contributed by atoms with van der Waals surface area (Å²) in [6.07, 6.45) is 0.203. The number of ether oxygens (including phenoxy) is 1. The van der Waals surface area contributed by atoms with Crippen LogP contribution in [0.1, 0.15) is 35.1 Å². The number of nitrogens with zero attached hydrogens (tertiary/aromatic N) is 3. The number of amides is 1. The van der Waals surface area contributed by atoms with Crippen molar-refractivity contribution in [3.63, 3.8) is 0 Å². The zero-order valence-electron chi connectivity index (χ0n) is 16.8. The fraction of sp³-hybridized carbons (Fsp3) is 0.190. The number of carbonyl (C=O) groups excluding carboxylic acids is 1. The summed E-state index contributed by atoms with van der Waals surface area (Å²) in [5, 5.41) is 11.9. The Kier molecular flexibility index (Phi) is 4.95. The Balaban J connectivity index is 1.29. The van der Waals surface area contributed by atoms with Gasteiger partial charge in [-0.25, -0.2) is 4.79 Å². The van der Waals surface area contributed by atoms with Crippen LogP contribution in [-0.4, -0.2) is 31.5 Å². The second-order valence-electron chi connectivity index (χ2n) is 7.25. The van der Waals surface area contributed by atoms with Crippen LogP contribution in [-0.2, 0) is 21.6 Å². The molecule has 0 radical (unpaired) electrons. The number of carboxylic acids is 1. The van der Waals surface area contributed by atoms with E-state index in [1.807, 2.05) is 30.3 Å². The van der Waals surface area contributed by atoms with Crippen LogP contribution in [0.2, 0.25) is 0 Å². The third-order valence-corrected chi connectivity index (χ3v) is 5.76. The first-order valence-electron chi connectivity index (χ1n) is 9.71.